The summed E-state index contributed by atoms with van der Waals surface area (Å²) in [5.41, 5.74) is 3.35. The fourth-order valence-corrected chi connectivity index (χ4v) is 3.83. The molecular formula is C17H20Cl2N2. The Bertz CT molecular complexity index is 641. The van der Waals surface area contributed by atoms with E-state index in [1.165, 1.54) is 24.1 Å². The molecule has 3 rings (SSSR count). The van der Waals surface area contributed by atoms with Gasteiger partial charge in [0.2, 0.25) is 0 Å². The lowest BCUT2D eigenvalue weighted by molar-refractivity contribution is 0.402. The molecule has 2 atom stereocenters. The highest BCUT2D eigenvalue weighted by Gasteiger charge is 2.30. The van der Waals surface area contributed by atoms with Gasteiger partial charge in [0, 0.05) is 12.1 Å². The highest BCUT2D eigenvalue weighted by atomic mass is 35.5. The van der Waals surface area contributed by atoms with E-state index in [0.717, 1.165) is 5.69 Å². The molecule has 0 fully saturated rings. The third-order valence-electron chi connectivity index (χ3n) is 4.54. The van der Waals surface area contributed by atoms with E-state index < -0.39 is 0 Å². The number of rotatable bonds is 2. The fraction of sp³-hybridized carbons (Fsp3) is 0.471. The molecule has 1 aliphatic rings. The van der Waals surface area contributed by atoms with E-state index in [9.17, 15) is 0 Å². The zero-order valence-electron chi connectivity index (χ0n) is 12.6. The van der Waals surface area contributed by atoms with Gasteiger partial charge in [-0.2, -0.15) is 5.10 Å². The Morgan fingerprint density at radius 1 is 1.19 bits per heavy atom. The smallest absolute Gasteiger partial charge is 0.102 e. The number of hydrogen-bond donors (Lipinski definition) is 0. The molecule has 2 nitrogen and oxygen atoms in total. The van der Waals surface area contributed by atoms with Gasteiger partial charge in [0.1, 0.15) is 5.69 Å². The Labute approximate surface area is 136 Å². The van der Waals surface area contributed by atoms with Gasteiger partial charge in [-0.05, 0) is 42.4 Å². The fourth-order valence-electron chi connectivity index (χ4n) is 3.26. The van der Waals surface area contributed by atoms with Gasteiger partial charge in [0.15, 0.2) is 0 Å². The van der Waals surface area contributed by atoms with Crippen molar-refractivity contribution in [3.05, 3.63) is 45.7 Å². The molecule has 2 unspecified atom stereocenters. The number of nitrogens with zero attached hydrogens (tertiary/aromatic N) is 2. The lowest BCUT2D eigenvalue weighted by atomic mass is 9.77. The van der Waals surface area contributed by atoms with Crippen molar-refractivity contribution in [3.8, 4) is 5.69 Å². The molecule has 2 aromatic rings. The van der Waals surface area contributed by atoms with Gasteiger partial charge in [0.05, 0.1) is 15.7 Å². The van der Waals surface area contributed by atoms with Gasteiger partial charge in [0.25, 0.3) is 0 Å². The van der Waals surface area contributed by atoms with E-state index >= 15 is 0 Å². The van der Waals surface area contributed by atoms with Gasteiger partial charge in [-0.25, -0.2) is 4.68 Å². The Morgan fingerprint density at radius 3 is 2.48 bits per heavy atom. The average Bonchev–Trinajstić information content (AvgIpc) is 2.84. The van der Waals surface area contributed by atoms with Crippen LogP contribution in [0.5, 0.6) is 0 Å². The first kappa shape index (κ1) is 14.9. The summed E-state index contributed by atoms with van der Waals surface area (Å²) < 4.78 is 1.87. The number of para-hydroxylation sites is 1. The molecule has 0 aliphatic heterocycles. The van der Waals surface area contributed by atoms with Crippen LogP contribution in [0.2, 0.25) is 10.0 Å². The van der Waals surface area contributed by atoms with Gasteiger partial charge >= 0.3 is 0 Å². The second-order valence-electron chi connectivity index (χ2n) is 6.31. The van der Waals surface area contributed by atoms with Crippen molar-refractivity contribution >= 4 is 23.2 Å². The van der Waals surface area contributed by atoms with Crippen molar-refractivity contribution in [1.82, 2.24) is 9.78 Å². The van der Waals surface area contributed by atoms with E-state index in [0.29, 0.717) is 27.8 Å². The summed E-state index contributed by atoms with van der Waals surface area (Å²) in [5, 5.41) is 6.11. The van der Waals surface area contributed by atoms with E-state index in [2.05, 4.69) is 27.0 Å². The van der Waals surface area contributed by atoms with Crippen molar-refractivity contribution in [2.24, 2.45) is 5.92 Å². The highest BCUT2D eigenvalue weighted by molar-refractivity contribution is 6.37. The van der Waals surface area contributed by atoms with Gasteiger partial charge < -0.3 is 0 Å². The van der Waals surface area contributed by atoms with E-state index in [1.807, 2.05) is 22.9 Å². The molecule has 0 saturated carbocycles. The largest absolute Gasteiger partial charge is 0.237 e. The molecular weight excluding hydrogens is 303 g/mol. The average molecular weight is 323 g/mol. The summed E-state index contributed by atoms with van der Waals surface area (Å²) in [4.78, 5) is 0. The third-order valence-corrected chi connectivity index (χ3v) is 5.15. The van der Waals surface area contributed by atoms with Crippen molar-refractivity contribution in [2.75, 3.05) is 0 Å². The summed E-state index contributed by atoms with van der Waals surface area (Å²) in [5.74, 6) is 1.67. The molecule has 0 radical (unpaired) electrons. The van der Waals surface area contributed by atoms with Crippen LogP contribution in [0, 0.1) is 5.92 Å². The Kier molecular flexibility index (Phi) is 4.02. The summed E-state index contributed by atoms with van der Waals surface area (Å²) >= 11 is 12.6. The molecule has 1 aliphatic carbocycles. The lowest BCUT2D eigenvalue weighted by Crippen LogP contribution is -2.16. The van der Waals surface area contributed by atoms with Crippen LogP contribution in [0.15, 0.2) is 24.4 Å². The van der Waals surface area contributed by atoms with E-state index in [-0.39, 0.29) is 0 Å². The van der Waals surface area contributed by atoms with E-state index in [1.54, 1.807) is 0 Å². The minimum absolute atomic E-state index is 0.527. The van der Waals surface area contributed by atoms with Gasteiger partial charge in [-0.15, -0.1) is 0 Å². The second kappa shape index (κ2) is 5.66. The summed E-state index contributed by atoms with van der Waals surface area (Å²) in [6, 6.07) is 5.57. The maximum Gasteiger partial charge on any atom is 0.102 e. The van der Waals surface area contributed by atoms with Crippen LogP contribution >= 0.6 is 23.2 Å². The molecule has 0 N–H and O–H groups in total. The molecule has 1 heterocycles. The first-order valence-corrected chi connectivity index (χ1v) is 8.28. The quantitative estimate of drug-likeness (QED) is 0.681. The Hall–Kier alpha value is -0.990. The van der Waals surface area contributed by atoms with Crippen LogP contribution in [0.3, 0.4) is 0 Å². The molecule has 0 amide bonds. The van der Waals surface area contributed by atoms with Crippen molar-refractivity contribution in [1.29, 1.82) is 0 Å². The minimum Gasteiger partial charge on any atom is -0.237 e. The highest BCUT2D eigenvalue weighted by Crippen LogP contribution is 2.42. The number of fused-ring (bicyclic) bond motifs is 1. The number of halogens is 2. The zero-order valence-corrected chi connectivity index (χ0v) is 14.1. The topological polar surface area (TPSA) is 17.8 Å². The van der Waals surface area contributed by atoms with Crippen LogP contribution < -0.4 is 0 Å². The molecule has 0 spiro atoms. The van der Waals surface area contributed by atoms with Gasteiger partial charge in [-0.1, -0.05) is 50.0 Å². The van der Waals surface area contributed by atoms with Crippen LogP contribution in [0.25, 0.3) is 5.69 Å². The molecule has 4 heteroatoms. The van der Waals surface area contributed by atoms with Crippen molar-refractivity contribution in [3.63, 3.8) is 0 Å². The Morgan fingerprint density at radius 2 is 1.86 bits per heavy atom. The molecule has 1 aromatic carbocycles. The first-order chi connectivity index (χ1) is 9.99. The van der Waals surface area contributed by atoms with Crippen LogP contribution in [0.4, 0.5) is 0 Å². The van der Waals surface area contributed by atoms with E-state index in [4.69, 9.17) is 28.3 Å². The summed E-state index contributed by atoms with van der Waals surface area (Å²) in [6.45, 7) is 6.81. The second-order valence-corrected chi connectivity index (χ2v) is 7.13. The third kappa shape index (κ3) is 2.60. The van der Waals surface area contributed by atoms with Gasteiger partial charge in [-0.3, -0.25) is 0 Å². The summed E-state index contributed by atoms with van der Waals surface area (Å²) in [7, 11) is 0. The maximum absolute atomic E-state index is 6.32. The molecule has 1 aromatic heterocycles. The number of hydrogen-bond acceptors (Lipinski definition) is 1. The standard InChI is InChI=1S/C17H20Cl2N2/c1-10(2)12-8-7-11(3)13-9-21(20-16(12)13)17-14(18)5-4-6-15(17)19/h4-6,9-12H,7-8H2,1-3H3. The monoisotopic (exact) mass is 322 g/mol. The molecule has 0 saturated heterocycles. The number of aromatic nitrogens is 2. The normalized spacial score (nSPS) is 21.6. The predicted octanol–water partition coefficient (Wildman–Crippen LogP) is 5.82. The Balaban J connectivity index is 2.13. The predicted molar refractivity (Wildman–Crippen MR) is 88.8 cm³/mol. The van der Waals surface area contributed by atoms with Crippen molar-refractivity contribution in [2.45, 2.75) is 45.4 Å². The van der Waals surface area contributed by atoms with Crippen LogP contribution in [-0.2, 0) is 0 Å². The molecule has 0 bridgehead atoms. The minimum atomic E-state index is 0.527. The van der Waals surface area contributed by atoms with Crippen LogP contribution in [0.1, 0.15) is 56.7 Å². The first-order valence-electron chi connectivity index (χ1n) is 7.53. The summed E-state index contributed by atoms with van der Waals surface area (Å²) in [6.07, 6.45) is 4.54. The van der Waals surface area contributed by atoms with Crippen LogP contribution in [-0.4, -0.2) is 9.78 Å². The molecule has 112 valence electrons. The number of benzene rings is 1. The van der Waals surface area contributed by atoms with Crippen molar-refractivity contribution < 1.29 is 0 Å². The lowest BCUT2D eigenvalue weighted by Gasteiger charge is -2.27. The zero-order chi connectivity index (χ0) is 15.1. The maximum atomic E-state index is 6.32. The molecule has 21 heavy (non-hydrogen) atoms. The SMILES string of the molecule is CC1CCC(C(C)C)c2nn(-c3c(Cl)cccc3Cl)cc21.